The van der Waals surface area contributed by atoms with Crippen molar-refractivity contribution in [3.8, 4) is 0 Å². The summed E-state index contributed by atoms with van der Waals surface area (Å²) in [5.41, 5.74) is 0. The highest BCUT2D eigenvalue weighted by Gasteiger charge is 2.18. The minimum atomic E-state index is -3.42. The fourth-order valence-corrected chi connectivity index (χ4v) is 2.75. The van der Waals surface area contributed by atoms with Gasteiger partial charge in [-0.2, -0.15) is 0 Å². The molecule has 0 saturated heterocycles. The number of hydrogen-bond donors (Lipinski definition) is 0. The van der Waals surface area contributed by atoms with E-state index in [4.69, 9.17) is 15.4 Å². The lowest BCUT2D eigenvalue weighted by molar-refractivity contribution is 0.0160. The number of rotatable bonds is 8. The maximum atomic E-state index is 11.0. The Hall–Kier alpha value is 0.200. The van der Waals surface area contributed by atoms with E-state index >= 15 is 0 Å². The average Bonchev–Trinajstić information content (AvgIpc) is 2.11. The van der Waals surface area contributed by atoms with E-state index in [2.05, 4.69) is 13.8 Å². The lowest BCUT2D eigenvalue weighted by atomic mass is 10.1. The first-order valence-corrected chi connectivity index (χ1v) is 8.28. The zero-order chi connectivity index (χ0) is 12.8. The second-order valence-corrected chi connectivity index (χ2v) is 7.46. The summed E-state index contributed by atoms with van der Waals surface area (Å²) >= 11 is 0. The predicted molar refractivity (Wildman–Crippen MR) is 68.3 cm³/mol. The Morgan fingerprint density at radius 1 is 1.25 bits per heavy atom. The molecule has 3 nitrogen and oxygen atoms in total. The second kappa shape index (κ2) is 7.51. The third-order valence-electron chi connectivity index (χ3n) is 2.67. The van der Waals surface area contributed by atoms with Crippen molar-refractivity contribution >= 4 is 19.7 Å². The average molecular weight is 271 g/mol. The van der Waals surface area contributed by atoms with Gasteiger partial charge in [-0.05, 0) is 25.2 Å². The third-order valence-corrected chi connectivity index (χ3v) is 3.91. The van der Waals surface area contributed by atoms with Gasteiger partial charge >= 0.3 is 0 Å². The smallest absolute Gasteiger partial charge is 0.232 e. The highest BCUT2D eigenvalue weighted by atomic mass is 35.7. The third kappa shape index (κ3) is 8.36. The fraction of sp³-hybridized carbons (Fsp3) is 1.00. The first-order chi connectivity index (χ1) is 7.26. The van der Waals surface area contributed by atoms with E-state index in [0.717, 1.165) is 12.8 Å². The fourth-order valence-electron chi connectivity index (χ4n) is 1.38. The summed E-state index contributed by atoms with van der Waals surface area (Å²) in [4.78, 5) is 0. The standard InChI is InChI=1S/C11H23ClO3S/c1-5-6-11(8-16(12,13)14)7-15-10(4)9(2)3/h9-11H,5-8H2,1-4H3. The Morgan fingerprint density at radius 2 is 1.81 bits per heavy atom. The number of hydrogen-bond acceptors (Lipinski definition) is 3. The van der Waals surface area contributed by atoms with Crippen molar-refractivity contribution in [2.24, 2.45) is 11.8 Å². The summed E-state index contributed by atoms with van der Waals surface area (Å²) in [7, 11) is 1.84. The maximum absolute atomic E-state index is 11.0. The zero-order valence-corrected chi connectivity index (χ0v) is 12.1. The van der Waals surface area contributed by atoms with Gasteiger partial charge in [0.2, 0.25) is 9.05 Å². The van der Waals surface area contributed by atoms with Crippen LogP contribution in [0.3, 0.4) is 0 Å². The largest absolute Gasteiger partial charge is 0.378 e. The van der Waals surface area contributed by atoms with Crippen LogP contribution in [0.25, 0.3) is 0 Å². The molecule has 2 unspecified atom stereocenters. The molecule has 0 radical (unpaired) electrons. The van der Waals surface area contributed by atoms with Crippen molar-refractivity contribution in [1.82, 2.24) is 0 Å². The first-order valence-electron chi connectivity index (χ1n) is 5.80. The van der Waals surface area contributed by atoms with E-state index in [1.807, 2.05) is 13.8 Å². The van der Waals surface area contributed by atoms with Gasteiger partial charge in [-0.1, -0.05) is 27.2 Å². The molecule has 0 aliphatic rings. The van der Waals surface area contributed by atoms with Gasteiger partial charge in [0.25, 0.3) is 0 Å². The summed E-state index contributed by atoms with van der Waals surface area (Å²) < 4.78 is 27.7. The van der Waals surface area contributed by atoms with Crippen LogP contribution in [-0.2, 0) is 13.8 Å². The molecule has 0 aromatic carbocycles. The lowest BCUT2D eigenvalue weighted by Crippen LogP contribution is -2.23. The van der Waals surface area contributed by atoms with Crippen LogP contribution in [0.1, 0.15) is 40.5 Å². The van der Waals surface area contributed by atoms with Crippen LogP contribution in [-0.4, -0.2) is 26.9 Å². The lowest BCUT2D eigenvalue weighted by Gasteiger charge is -2.21. The Balaban J connectivity index is 4.14. The van der Waals surface area contributed by atoms with Gasteiger partial charge in [0.15, 0.2) is 0 Å². The molecule has 0 fully saturated rings. The summed E-state index contributed by atoms with van der Waals surface area (Å²) in [6.07, 6.45) is 1.92. The van der Waals surface area contributed by atoms with Crippen LogP contribution in [0.2, 0.25) is 0 Å². The molecule has 0 aliphatic carbocycles. The SMILES string of the molecule is CCCC(COC(C)C(C)C)CS(=O)(=O)Cl. The normalized spacial score (nSPS) is 16.4. The maximum Gasteiger partial charge on any atom is 0.232 e. The molecule has 5 heteroatoms. The van der Waals surface area contributed by atoms with Crippen molar-refractivity contribution in [2.45, 2.75) is 46.6 Å². The van der Waals surface area contributed by atoms with Crippen LogP contribution in [0.4, 0.5) is 0 Å². The Bertz CT molecular complexity index is 275. The summed E-state index contributed by atoms with van der Waals surface area (Å²) in [6.45, 7) is 8.66. The van der Waals surface area contributed by atoms with Gasteiger partial charge in [0, 0.05) is 10.7 Å². The minimum Gasteiger partial charge on any atom is -0.378 e. The molecule has 0 heterocycles. The zero-order valence-electron chi connectivity index (χ0n) is 10.6. The molecule has 0 amide bonds. The Kier molecular flexibility index (Phi) is 7.61. The van der Waals surface area contributed by atoms with Gasteiger partial charge in [0.1, 0.15) is 0 Å². The van der Waals surface area contributed by atoms with Gasteiger partial charge in [-0.3, -0.25) is 0 Å². The van der Waals surface area contributed by atoms with E-state index < -0.39 is 9.05 Å². The number of ether oxygens (including phenoxy) is 1. The molecule has 2 atom stereocenters. The van der Waals surface area contributed by atoms with Crippen LogP contribution >= 0.6 is 10.7 Å². The van der Waals surface area contributed by atoms with Crippen molar-refractivity contribution in [3.63, 3.8) is 0 Å². The van der Waals surface area contributed by atoms with Crippen LogP contribution in [0.5, 0.6) is 0 Å². The molecule has 0 N–H and O–H groups in total. The van der Waals surface area contributed by atoms with Crippen molar-refractivity contribution < 1.29 is 13.2 Å². The summed E-state index contributed by atoms with van der Waals surface area (Å²) in [5, 5.41) is 0. The van der Waals surface area contributed by atoms with Gasteiger partial charge in [0.05, 0.1) is 18.5 Å². The molecule has 0 aromatic heterocycles. The van der Waals surface area contributed by atoms with E-state index in [9.17, 15) is 8.42 Å². The molecule has 0 aromatic rings. The minimum absolute atomic E-state index is 0.00715. The first kappa shape index (κ1) is 16.2. The topological polar surface area (TPSA) is 43.4 Å². The molecule has 0 spiro atoms. The van der Waals surface area contributed by atoms with Gasteiger partial charge in [-0.25, -0.2) is 8.42 Å². The van der Waals surface area contributed by atoms with E-state index in [-0.39, 0.29) is 17.8 Å². The number of halogens is 1. The van der Waals surface area contributed by atoms with Crippen LogP contribution in [0, 0.1) is 11.8 Å². The monoisotopic (exact) mass is 270 g/mol. The van der Waals surface area contributed by atoms with E-state index in [0.29, 0.717) is 12.5 Å². The van der Waals surface area contributed by atoms with Crippen LogP contribution < -0.4 is 0 Å². The molecule has 98 valence electrons. The van der Waals surface area contributed by atoms with Gasteiger partial charge < -0.3 is 4.74 Å². The molecule has 16 heavy (non-hydrogen) atoms. The highest BCUT2D eigenvalue weighted by Crippen LogP contribution is 2.15. The molecule has 0 rings (SSSR count). The van der Waals surface area contributed by atoms with Crippen molar-refractivity contribution in [1.29, 1.82) is 0 Å². The van der Waals surface area contributed by atoms with E-state index in [1.54, 1.807) is 0 Å². The summed E-state index contributed by atoms with van der Waals surface area (Å²) in [6, 6.07) is 0. The van der Waals surface area contributed by atoms with Crippen molar-refractivity contribution in [3.05, 3.63) is 0 Å². The molecule has 0 saturated carbocycles. The Morgan fingerprint density at radius 3 is 2.19 bits per heavy atom. The molecule has 0 bridgehead atoms. The quantitative estimate of drug-likeness (QED) is 0.637. The Labute approximate surface area is 104 Å². The second-order valence-electron chi connectivity index (χ2n) is 4.64. The van der Waals surface area contributed by atoms with Gasteiger partial charge in [-0.15, -0.1) is 0 Å². The predicted octanol–water partition coefficient (Wildman–Crippen LogP) is 3.03. The van der Waals surface area contributed by atoms with Crippen molar-refractivity contribution in [2.75, 3.05) is 12.4 Å². The molecular weight excluding hydrogens is 248 g/mol. The van der Waals surface area contributed by atoms with Crippen LogP contribution in [0.15, 0.2) is 0 Å². The highest BCUT2D eigenvalue weighted by molar-refractivity contribution is 8.13. The molecule has 0 aliphatic heterocycles. The summed E-state index contributed by atoms with van der Waals surface area (Å²) in [5.74, 6) is 0.455. The van der Waals surface area contributed by atoms with E-state index in [1.165, 1.54) is 0 Å². The molecular formula is C11H23ClO3S.